The molecule has 0 spiro atoms. The van der Waals surface area contributed by atoms with Gasteiger partial charge in [0.15, 0.2) is 23.2 Å². The van der Waals surface area contributed by atoms with Crippen molar-refractivity contribution in [1.29, 1.82) is 5.26 Å². The number of methoxy groups -OCH3 is 1. The normalized spacial score (nSPS) is 22.4. The molecule has 1 saturated carbocycles. The van der Waals surface area contributed by atoms with Crippen molar-refractivity contribution in [2.45, 2.75) is 50.1 Å². The van der Waals surface area contributed by atoms with Gasteiger partial charge in [-0.25, -0.2) is 23.0 Å². The average Bonchev–Trinajstić information content (AvgIpc) is 2.99. The van der Waals surface area contributed by atoms with Gasteiger partial charge in [0.2, 0.25) is 6.41 Å². The highest BCUT2D eigenvalue weighted by Gasteiger charge is 2.42. The predicted octanol–water partition coefficient (Wildman–Crippen LogP) is 4.03. The minimum atomic E-state index is -1.70. The van der Waals surface area contributed by atoms with Crippen molar-refractivity contribution in [3.05, 3.63) is 82.3 Å². The van der Waals surface area contributed by atoms with Gasteiger partial charge in [0.1, 0.15) is 6.04 Å². The zero-order valence-corrected chi connectivity index (χ0v) is 23.3. The monoisotopic (exact) mass is 583 g/mol. The maximum Gasteiger partial charge on any atom is 0.341 e. The number of hydrogen-bond acceptors (Lipinski definition) is 6. The third-order valence-electron chi connectivity index (χ3n) is 7.85. The molecule has 2 aromatic rings. The van der Waals surface area contributed by atoms with Crippen LogP contribution >= 0.6 is 0 Å². The summed E-state index contributed by atoms with van der Waals surface area (Å²) in [6, 6.07) is 11.3. The van der Waals surface area contributed by atoms with Crippen LogP contribution < -0.4 is 10.6 Å². The number of nitrogens with one attached hydrogen (secondary N) is 2. The molecule has 1 atom stereocenters. The summed E-state index contributed by atoms with van der Waals surface area (Å²) in [4.78, 5) is 38.3. The first-order valence-electron chi connectivity index (χ1n) is 13.5. The Kier molecular flexibility index (Phi) is 9.65. The SMILES string of the molecule is COCC1=C(C(C)=O)C(c2cc(F)c(F)c(F)c2)N(N(C=O)CCNC2CCC(C#N)(c3ccccc3)CC2)C(=O)N1. The van der Waals surface area contributed by atoms with E-state index in [1.807, 2.05) is 30.3 Å². The van der Waals surface area contributed by atoms with Crippen LogP contribution in [0, 0.1) is 28.8 Å². The summed E-state index contributed by atoms with van der Waals surface area (Å²) in [7, 11) is 1.34. The molecule has 0 bridgehead atoms. The van der Waals surface area contributed by atoms with E-state index < -0.39 is 40.7 Å². The van der Waals surface area contributed by atoms with Crippen molar-refractivity contribution < 1.29 is 32.3 Å². The molecular weight excluding hydrogens is 551 g/mol. The van der Waals surface area contributed by atoms with Gasteiger partial charge >= 0.3 is 6.03 Å². The summed E-state index contributed by atoms with van der Waals surface area (Å²) in [6.07, 6.45) is 3.09. The summed E-state index contributed by atoms with van der Waals surface area (Å²) in [6.45, 7) is 1.20. The minimum absolute atomic E-state index is 0.0387. The van der Waals surface area contributed by atoms with Crippen LogP contribution in [0.2, 0.25) is 0 Å². The lowest BCUT2D eigenvalue weighted by Crippen LogP contribution is -2.57. The van der Waals surface area contributed by atoms with Crippen LogP contribution in [0.3, 0.4) is 0 Å². The number of halogens is 3. The number of Topliss-reactive ketones (excluding diaryl/α,β-unsaturated/α-hetero) is 1. The topological polar surface area (TPSA) is 115 Å². The molecule has 2 N–H and O–H groups in total. The molecule has 2 aromatic carbocycles. The van der Waals surface area contributed by atoms with Crippen LogP contribution in [0.1, 0.15) is 49.8 Å². The van der Waals surface area contributed by atoms with Crippen molar-refractivity contribution in [2.24, 2.45) is 0 Å². The number of urea groups is 1. The molecule has 9 nitrogen and oxygen atoms in total. The highest BCUT2D eigenvalue weighted by Crippen LogP contribution is 2.39. The van der Waals surface area contributed by atoms with Crippen LogP contribution in [-0.4, -0.2) is 61.1 Å². The number of nitriles is 1. The molecule has 1 aliphatic heterocycles. The van der Waals surface area contributed by atoms with E-state index >= 15 is 0 Å². The number of ether oxygens (including phenoxy) is 1. The first-order chi connectivity index (χ1) is 20.2. The second kappa shape index (κ2) is 13.2. The van der Waals surface area contributed by atoms with E-state index in [4.69, 9.17) is 4.74 Å². The number of benzene rings is 2. The number of amides is 3. The first-order valence-corrected chi connectivity index (χ1v) is 13.5. The molecule has 222 valence electrons. The van der Waals surface area contributed by atoms with Crippen molar-refractivity contribution in [3.8, 4) is 6.07 Å². The van der Waals surface area contributed by atoms with Crippen molar-refractivity contribution in [2.75, 3.05) is 26.8 Å². The Bertz CT molecular complexity index is 1380. The van der Waals surface area contributed by atoms with Crippen molar-refractivity contribution in [1.82, 2.24) is 20.7 Å². The van der Waals surface area contributed by atoms with Gasteiger partial charge in [-0.1, -0.05) is 30.3 Å². The largest absolute Gasteiger partial charge is 0.378 e. The van der Waals surface area contributed by atoms with Gasteiger partial charge in [-0.3, -0.25) is 14.6 Å². The Morgan fingerprint density at radius 1 is 1.21 bits per heavy atom. The standard InChI is InChI=1S/C30H32F3N5O4/c1-19(40)26-25(16-42-2)36-29(41)38(28(26)20-14-23(31)27(33)24(32)15-20)37(18-39)13-12-35-22-8-10-30(17-34,11-9-22)21-6-4-3-5-7-21/h3-7,14-15,18,22,28,35H,8-13,16H2,1-2H3,(H,36,41). The molecule has 1 fully saturated rings. The summed E-state index contributed by atoms with van der Waals surface area (Å²) in [5, 5.41) is 17.7. The molecule has 2 aliphatic rings. The van der Waals surface area contributed by atoms with Crippen LogP contribution in [-0.2, 0) is 19.7 Å². The highest BCUT2D eigenvalue weighted by molar-refractivity contribution is 5.98. The van der Waals surface area contributed by atoms with Gasteiger partial charge in [-0.05, 0) is 55.9 Å². The Labute approximate surface area is 241 Å². The molecule has 0 radical (unpaired) electrons. The summed E-state index contributed by atoms with van der Waals surface area (Å²) >= 11 is 0. The first kappa shape index (κ1) is 30.7. The molecule has 12 heteroatoms. The fourth-order valence-electron chi connectivity index (χ4n) is 5.76. The molecule has 0 aromatic heterocycles. The van der Waals surface area contributed by atoms with E-state index in [2.05, 4.69) is 16.7 Å². The fourth-order valence-corrected chi connectivity index (χ4v) is 5.76. The van der Waals surface area contributed by atoms with Crippen molar-refractivity contribution >= 4 is 18.2 Å². The highest BCUT2D eigenvalue weighted by atomic mass is 19.2. The molecule has 1 aliphatic carbocycles. The number of carbonyl (C=O) groups excluding carboxylic acids is 3. The van der Waals surface area contributed by atoms with Crippen LogP contribution in [0.25, 0.3) is 0 Å². The smallest absolute Gasteiger partial charge is 0.341 e. The zero-order chi connectivity index (χ0) is 30.4. The molecule has 4 rings (SSSR count). The van der Waals surface area contributed by atoms with Gasteiger partial charge < -0.3 is 15.4 Å². The van der Waals surface area contributed by atoms with E-state index in [9.17, 15) is 32.8 Å². The third kappa shape index (κ3) is 6.17. The molecule has 1 heterocycles. The molecule has 0 saturated heterocycles. The summed E-state index contributed by atoms with van der Waals surface area (Å²) in [5.74, 6) is -5.26. The Morgan fingerprint density at radius 3 is 2.40 bits per heavy atom. The molecule has 42 heavy (non-hydrogen) atoms. The second-order valence-corrected chi connectivity index (χ2v) is 10.4. The Hall–Kier alpha value is -4.21. The number of hydrazine groups is 1. The van der Waals surface area contributed by atoms with Crippen LogP contribution in [0.5, 0.6) is 0 Å². The number of rotatable bonds is 11. The number of nitrogens with zero attached hydrogens (tertiary/aromatic N) is 3. The predicted molar refractivity (Wildman–Crippen MR) is 146 cm³/mol. The Balaban J connectivity index is 1.54. The van der Waals surface area contributed by atoms with Crippen LogP contribution in [0.15, 0.2) is 53.7 Å². The quantitative estimate of drug-likeness (QED) is 0.305. The van der Waals surface area contributed by atoms with E-state index in [1.165, 1.54) is 14.0 Å². The van der Waals surface area contributed by atoms with Gasteiger partial charge in [0.25, 0.3) is 0 Å². The lowest BCUT2D eigenvalue weighted by atomic mass is 9.69. The van der Waals surface area contributed by atoms with E-state index in [0.29, 0.717) is 44.2 Å². The Morgan fingerprint density at radius 2 is 1.86 bits per heavy atom. The van der Waals surface area contributed by atoms with Gasteiger partial charge in [-0.2, -0.15) is 5.26 Å². The lowest BCUT2D eigenvalue weighted by Gasteiger charge is -2.43. The molecule has 1 unspecified atom stereocenters. The number of hydrogen-bond donors (Lipinski definition) is 2. The summed E-state index contributed by atoms with van der Waals surface area (Å²) < 4.78 is 47.5. The lowest BCUT2D eigenvalue weighted by molar-refractivity contribution is -0.133. The second-order valence-electron chi connectivity index (χ2n) is 10.4. The van der Waals surface area contributed by atoms with Gasteiger partial charge in [0.05, 0.1) is 30.3 Å². The number of ketones is 1. The minimum Gasteiger partial charge on any atom is -0.378 e. The van der Waals surface area contributed by atoms with E-state index in [1.54, 1.807) is 0 Å². The average molecular weight is 584 g/mol. The number of carbonyl (C=O) groups is 3. The third-order valence-corrected chi connectivity index (χ3v) is 7.85. The van der Waals surface area contributed by atoms with E-state index in [-0.39, 0.29) is 42.6 Å². The van der Waals surface area contributed by atoms with Gasteiger partial charge in [-0.15, -0.1) is 0 Å². The maximum absolute atomic E-state index is 14.3. The molecule has 3 amide bonds. The van der Waals surface area contributed by atoms with Gasteiger partial charge in [0, 0.05) is 25.3 Å². The van der Waals surface area contributed by atoms with Crippen LogP contribution in [0.4, 0.5) is 18.0 Å². The van der Waals surface area contributed by atoms with Crippen molar-refractivity contribution in [3.63, 3.8) is 0 Å². The van der Waals surface area contributed by atoms with E-state index in [0.717, 1.165) is 15.6 Å². The maximum atomic E-state index is 14.3. The summed E-state index contributed by atoms with van der Waals surface area (Å²) in [5.41, 5.74) is 0.175. The zero-order valence-electron chi connectivity index (χ0n) is 23.3. The fraction of sp³-hybridized carbons (Fsp3) is 0.400. The molecular formula is C30H32F3N5O4.